The third kappa shape index (κ3) is 3.35. The van der Waals surface area contributed by atoms with Crippen molar-refractivity contribution in [1.82, 2.24) is 10.3 Å². The van der Waals surface area contributed by atoms with Crippen molar-refractivity contribution >= 4 is 11.3 Å². The predicted octanol–water partition coefficient (Wildman–Crippen LogP) is 3.18. The van der Waals surface area contributed by atoms with E-state index in [4.69, 9.17) is 0 Å². The summed E-state index contributed by atoms with van der Waals surface area (Å²) in [5.41, 5.74) is 2.97. The van der Waals surface area contributed by atoms with Crippen molar-refractivity contribution in [2.45, 2.75) is 19.4 Å². The number of likely N-dealkylation sites (N-methyl/N-ethyl adjacent to an activating group) is 1. The third-order valence-electron chi connectivity index (χ3n) is 2.60. The Morgan fingerprint density at radius 1 is 1.35 bits per heavy atom. The van der Waals surface area contributed by atoms with Crippen molar-refractivity contribution in [2.75, 3.05) is 6.54 Å². The first-order valence-corrected chi connectivity index (χ1v) is 6.53. The number of hydrogen-bond donors (Lipinski definition) is 1. The van der Waals surface area contributed by atoms with Crippen LogP contribution in [0, 0.1) is 5.82 Å². The molecule has 0 bridgehead atoms. The van der Waals surface area contributed by atoms with Crippen LogP contribution in [0.25, 0.3) is 0 Å². The second-order valence-electron chi connectivity index (χ2n) is 3.84. The molecular weight excluding hydrogens is 235 g/mol. The molecule has 0 amide bonds. The van der Waals surface area contributed by atoms with E-state index in [1.807, 2.05) is 23.8 Å². The van der Waals surface area contributed by atoms with Gasteiger partial charge in [0.15, 0.2) is 0 Å². The molecule has 1 unspecified atom stereocenters. The monoisotopic (exact) mass is 250 g/mol. The number of rotatable bonds is 5. The topological polar surface area (TPSA) is 24.9 Å². The Bertz CT molecular complexity index is 439. The average Bonchev–Trinajstić information content (AvgIpc) is 2.85. The molecule has 4 heteroatoms. The number of aromatic nitrogens is 1. The summed E-state index contributed by atoms with van der Waals surface area (Å²) in [5.74, 6) is -0.188. The van der Waals surface area contributed by atoms with Crippen LogP contribution in [0.15, 0.2) is 36.0 Å². The van der Waals surface area contributed by atoms with Crippen LogP contribution in [0.2, 0.25) is 0 Å². The summed E-state index contributed by atoms with van der Waals surface area (Å²) in [6.45, 7) is 2.99. The van der Waals surface area contributed by atoms with Gasteiger partial charge < -0.3 is 5.32 Å². The molecule has 2 nitrogen and oxygen atoms in total. The molecule has 1 N–H and O–H groups in total. The Balaban J connectivity index is 2.10. The van der Waals surface area contributed by atoms with E-state index in [1.165, 1.54) is 17.0 Å². The van der Waals surface area contributed by atoms with Gasteiger partial charge in [0.25, 0.3) is 0 Å². The Hall–Kier alpha value is -1.26. The number of nitrogens with one attached hydrogen (secondary N) is 1. The van der Waals surface area contributed by atoms with Crippen molar-refractivity contribution in [2.24, 2.45) is 0 Å². The SMILES string of the molecule is CCNC(Cc1ccc(F)cc1)c1cncs1. The lowest BCUT2D eigenvalue weighted by Crippen LogP contribution is -2.22. The van der Waals surface area contributed by atoms with Crippen LogP contribution in [0.5, 0.6) is 0 Å². The quantitative estimate of drug-likeness (QED) is 0.881. The zero-order valence-electron chi connectivity index (χ0n) is 9.69. The van der Waals surface area contributed by atoms with Gasteiger partial charge >= 0.3 is 0 Å². The van der Waals surface area contributed by atoms with E-state index in [-0.39, 0.29) is 11.9 Å². The highest BCUT2D eigenvalue weighted by molar-refractivity contribution is 7.09. The Labute approximate surface area is 105 Å². The van der Waals surface area contributed by atoms with E-state index >= 15 is 0 Å². The molecule has 2 aromatic rings. The number of halogens is 1. The third-order valence-corrected chi connectivity index (χ3v) is 3.49. The molecular formula is C13H15FN2S. The second kappa shape index (κ2) is 5.89. The molecule has 90 valence electrons. The van der Waals surface area contributed by atoms with Crippen LogP contribution in [0.4, 0.5) is 4.39 Å². The Morgan fingerprint density at radius 3 is 2.71 bits per heavy atom. The molecule has 0 aliphatic heterocycles. The molecule has 0 radical (unpaired) electrons. The molecule has 17 heavy (non-hydrogen) atoms. The van der Waals surface area contributed by atoms with Gasteiger partial charge in [-0.25, -0.2) is 4.39 Å². The van der Waals surface area contributed by atoms with E-state index in [9.17, 15) is 4.39 Å². The molecule has 1 heterocycles. The van der Waals surface area contributed by atoms with Gasteiger partial charge in [-0.1, -0.05) is 19.1 Å². The van der Waals surface area contributed by atoms with Crippen LogP contribution < -0.4 is 5.32 Å². The second-order valence-corrected chi connectivity index (χ2v) is 4.76. The van der Waals surface area contributed by atoms with Crippen molar-refractivity contribution in [3.05, 3.63) is 52.2 Å². The summed E-state index contributed by atoms with van der Waals surface area (Å²) in [6, 6.07) is 6.94. The largest absolute Gasteiger partial charge is 0.309 e. The molecule has 0 saturated heterocycles. The number of benzene rings is 1. The molecule has 1 aromatic heterocycles. The average molecular weight is 250 g/mol. The highest BCUT2D eigenvalue weighted by Crippen LogP contribution is 2.21. The predicted molar refractivity (Wildman–Crippen MR) is 68.6 cm³/mol. The molecule has 0 fully saturated rings. The van der Waals surface area contributed by atoms with Gasteiger partial charge in [0, 0.05) is 17.1 Å². The summed E-state index contributed by atoms with van der Waals surface area (Å²) in [5, 5.41) is 3.42. The van der Waals surface area contributed by atoms with Gasteiger partial charge in [-0.2, -0.15) is 0 Å². The van der Waals surface area contributed by atoms with E-state index < -0.39 is 0 Å². The molecule has 1 atom stereocenters. The fourth-order valence-electron chi connectivity index (χ4n) is 1.77. The van der Waals surface area contributed by atoms with Gasteiger partial charge in [-0.3, -0.25) is 4.98 Å². The van der Waals surface area contributed by atoms with Crippen molar-refractivity contribution in [3.8, 4) is 0 Å². The lowest BCUT2D eigenvalue weighted by atomic mass is 10.1. The van der Waals surface area contributed by atoms with Crippen LogP contribution in [-0.4, -0.2) is 11.5 Å². The number of thiazole rings is 1. The smallest absolute Gasteiger partial charge is 0.123 e. The minimum absolute atomic E-state index is 0.188. The van der Waals surface area contributed by atoms with Gasteiger partial charge in [0.05, 0.1) is 5.51 Å². The van der Waals surface area contributed by atoms with E-state index in [2.05, 4.69) is 17.2 Å². The van der Waals surface area contributed by atoms with Crippen LogP contribution in [0.1, 0.15) is 23.4 Å². The minimum atomic E-state index is -0.188. The number of hydrogen-bond acceptors (Lipinski definition) is 3. The van der Waals surface area contributed by atoms with Crippen molar-refractivity contribution in [3.63, 3.8) is 0 Å². The van der Waals surface area contributed by atoms with Gasteiger partial charge in [-0.15, -0.1) is 11.3 Å². The minimum Gasteiger partial charge on any atom is -0.309 e. The lowest BCUT2D eigenvalue weighted by Gasteiger charge is -2.15. The van der Waals surface area contributed by atoms with Gasteiger partial charge in [0.1, 0.15) is 5.82 Å². The highest BCUT2D eigenvalue weighted by Gasteiger charge is 2.12. The van der Waals surface area contributed by atoms with Gasteiger partial charge in [-0.05, 0) is 30.7 Å². The van der Waals surface area contributed by atoms with Gasteiger partial charge in [0.2, 0.25) is 0 Å². The maximum absolute atomic E-state index is 12.8. The first-order chi connectivity index (χ1) is 8.29. The molecule has 0 spiro atoms. The Morgan fingerprint density at radius 2 is 2.12 bits per heavy atom. The summed E-state index contributed by atoms with van der Waals surface area (Å²) < 4.78 is 12.8. The molecule has 2 rings (SSSR count). The summed E-state index contributed by atoms with van der Waals surface area (Å²) in [7, 11) is 0. The summed E-state index contributed by atoms with van der Waals surface area (Å²) >= 11 is 1.65. The van der Waals surface area contributed by atoms with Crippen LogP contribution >= 0.6 is 11.3 Å². The zero-order valence-corrected chi connectivity index (χ0v) is 10.5. The fourth-order valence-corrected chi connectivity index (χ4v) is 2.47. The van der Waals surface area contributed by atoms with E-state index in [0.717, 1.165) is 18.5 Å². The molecule has 0 aliphatic rings. The number of nitrogens with zero attached hydrogens (tertiary/aromatic N) is 1. The Kier molecular flexibility index (Phi) is 4.23. The summed E-state index contributed by atoms with van der Waals surface area (Å²) in [6.07, 6.45) is 2.75. The molecule has 1 aromatic carbocycles. The first-order valence-electron chi connectivity index (χ1n) is 5.66. The van der Waals surface area contributed by atoms with Crippen molar-refractivity contribution < 1.29 is 4.39 Å². The summed E-state index contributed by atoms with van der Waals surface area (Å²) in [4.78, 5) is 5.32. The van der Waals surface area contributed by atoms with Crippen molar-refractivity contribution in [1.29, 1.82) is 0 Å². The normalized spacial score (nSPS) is 12.6. The van der Waals surface area contributed by atoms with E-state index in [1.54, 1.807) is 11.3 Å². The maximum Gasteiger partial charge on any atom is 0.123 e. The highest BCUT2D eigenvalue weighted by atomic mass is 32.1. The molecule has 0 saturated carbocycles. The zero-order chi connectivity index (χ0) is 12.1. The standard InChI is InChI=1S/C13H15FN2S/c1-2-16-12(13-8-15-9-17-13)7-10-3-5-11(14)6-4-10/h3-6,8-9,12,16H,2,7H2,1H3. The van der Waals surface area contributed by atoms with Crippen LogP contribution in [-0.2, 0) is 6.42 Å². The maximum atomic E-state index is 12.8. The fraction of sp³-hybridized carbons (Fsp3) is 0.308. The van der Waals surface area contributed by atoms with Crippen LogP contribution in [0.3, 0.4) is 0 Å². The van der Waals surface area contributed by atoms with E-state index in [0.29, 0.717) is 0 Å². The first kappa shape index (κ1) is 12.2. The lowest BCUT2D eigenvalue weighted by molar-refractivity contribution is 0.556. The molecule has 0 aliphatic carbocycles.